The Labute approximate surface area is 149 Å². The first-order valence-corrected chi connectivity index (χ1v) is 9.16. The number of carbonyl (C=O) groups excluding carboxylic acids is 1. The molecular weight excluding hydrogens is 316 g/mol. The number of carbonyl (C=O) groups is 1. The Morgan fingerprint density at radius 3 is 2.52 bits per heavy atom. The van der Waals surface area contributed by atoms with Crippen molar-refractivity contribution in [3.8, 4) is 11.9 Å². The molecule has 1 aliphatic carbocycles. The van der Waals surface area contributed by atoms with E-state index in [1.807, 2.05) is 4.90 Å². The molecule has 1 saturated heterocycles. The summed E-state index contributed by atoms with van der Waals surface area (Å²) in [5.41, 5.74) is 0.582. The van der Waals surface area contributed by atoms with Crippen LogP contribution in [0.4, 0.5) is 0 Å². The molecule has 25 heavy (non-hydrogen) atoms. The highest BCUT2D eigenvalue weighted by atomic mass is 16.5. The van der Waals surface area contributed by atoms with Gasteiger partial charge < -0.3 is 9.64 Å². The van der Waals surface area contributed by atoms with Gasteiger partial charge in [-0.3, -0.25) is 9.69 Å². The van der Waals surface area contributed by atoms with E-state index in [4.69, 9.17) is 4.74 Å². The molecule has 2 aliphatic rings. The maximum absolute atomic E-state index is 12.6. The molecule has 0 spiro atoms. The molecule has 2 heterocycles. The van der Waals surface area contributed by atoms with Gasteiger partial charge in [0, 0.05) is 38.4 Å². The van der Waals surface area contributed by atoms with Crippen LogP contribution >= 0.6 is 0 Å². The average Bonchev–Trinajstić information content (AvgIpc) is 2.69. The lowest BCUT2D eigenvalue weighted by molar-refractivity contribution is 0.0538. The van der Waals surface area contributed by atoms with Gasteiger partial charge in [0.05, 0.1) is 18.7 Å². The molecule has 134 valence electrons. The highest BCUT2D eigenvalue weighted by Crippen LogP contribution is 2.29. The van der Waals surface area contributed by atoms with Crippen molar-refractivity contribution in [1.82, 2.24) is 14.8 Å². The van der Waals surface area contributed by atoms with Gasteiger partial charge >= 0.3 is 0 Å². The highest BCUT2D eigenvalue weighted by molar-refractivity contribution is 5.94. The lowest BCUT2D eigenvalue weighted by Gasteiger charge is -2.40. The molecule has 1 aromatic rings. The van der Waals surface area contributed by atoms with Crippen LogP contribution in [0.3, 0.4) is 0 Å². The first kappa shape index (κ1) is 17.7. The normalized spacial score (nSPS) is 20.7. The van der Waals surface area contributed by atoms with Crippen LogP contribution in [0.1, 0.15) is 42.5 Å². The number of rotatable bonds is 4. The number of hydrogen-bond donors (Lipinski definition) is 0. The number of ether oxygens (including phenoxy) is 1. The third-order valence-corrected chi connectivity index (χ3v) is 5.42. The van der Waals surface area contributed by atoms with Gasteiger partial charge in [0.1, 0.15) is 6.04 Å². The van der Waals surface area contributed by atoms with Crippen LogP contribution in [0.25, 0.3) is 0 Å². The molecule has 1 amide bonds. The van der Waals surface area contributed by atoms with Gasteiger partial charge in [0.25, 0.3) is 5.91 Å². The van der Waals surface area contributed by atoms with Crippen molar-refractivity contribution in [2.75, 3.05) is 33.3 Å². The molecular formula is C19H26N4O2. The average molecular weight is 342 g/mol. The van der Waals surface area contributed by atoms with Gasteiger partial charge in [-0.05, 0) is 24.8 Å². The number of nitriles is 1. The van der Waals surface area contributed by atoms with Crippen molar-refractivity contribution < 1.29 is 9.53 Å². The Bertz CT molecular complexity index is 611. The van der Waals surface area contributed by atoms with Gasteiger partial charge in [-0.2, -0.15) is 5.26 Å². The maximum Gasteiger partial charge on any atom is 0.255 e. The van der Waals surface area contributed by atoms with Gasteiger partial charge in [-0.15, -0.1) is 0 Å². The highest BCUT2D eigenvalue weighted by Gasteiger charge is 2.32. The standard InChI is InChI=1S/C19H26N4O2/c1-25-18-8-7-16(14-21-18)19(24)23-11-9-22(10-12-23)17(13-20)15-5-3-2-4-6-15/h7-8,14-15,17H,2-6,9-12H2,1H3. The third-order valence-electron chi connectivity index (χ3n) is 5.42. The quantitative estimate of drug-likeness (QED) is 0.840. The zero-order valence-electron chi connectivity index (χ0n) is 14.9. The van der Waals surface area contributed by atoms with Crippen molar-refractivity contribution in [2.24, 2.45) is 5.92 Å². The number of amides is 1. The van der Waals surface area contributed by atoms with Crippen LogP contribution in [0.2, 0.25) is 0 Å². The first-order valence-electron chi connectivity index (χ1n) is 9.16. The zero-order chi connectivity index (χ0) is 17.6. The van der Waals surface area contributed by atoms with Crippen LogP contribution < -0.4 is 4.74 Å². The van der Waals surface area contributed by atoms with E-state index in [0.717, 1.165) is 25.9 Å². The van der Waals surface area contributed by atoms with Crippen LogP contribution in [0.5, 0.6) is 5.88 Å². The summed E-state index contributed by atoms with van der Waals surface area (Å²) in [5, 5.41) is 9.64. The Hall–Kier alpha value is -2.13. The third kappa shape index (κ3) is 4.10. The fourth-order valence-electron chi connectivity index (χ4n) is 3.95. The van der Waals surface area contributed by atoms with Crippen LogP contribution in [0, 0.1) is 17.2 Å². The fraction of sp³-hybridized carbons (Fsp3) is 0.632. The SMILES string of the molecule is COc1ccc(C(=O)N2CCN(C(C#N)C3CCCCC3)CC2)cn1. The summed E-state index contributed by atoms with van der Waals surface area (Å²) in [6, 6.07) is 5.99. The monoisotopic (exact) mass is 342 g/mol. The fourth-order valence-corrected chi connectivity index (χ4v) is 3.95. The Kier molecular flexibility index (Phi) is 5.87. The van der Waals surface area contributed by atoms with E-state index < -0.39 is 0 Å². The first-order chi connectivity index (χ1) is 12.2. The topological polar surface area (TPSA) is 69.5 Å². The van der Waals surface area contributed by atoms with Crippen LogP contribution in [-0.2, 0) is 0 Å². The van der Waals surface area contributed by atoms with Crippen LogP contribution in [-0.4, -0.2) is 60.0 Å². The second-order valence-corrected chi connectivity index (χ2v) is 6.89. The summed E-state index contributed by atoms with van der Waals surface area (Å²) in [4.78, 5) is 20.8. The van der Waals surface area contributed by atoms with E-state index in [-0.39, 0.29) is 11.9 Å². The summed E-state index contributed by atoms with van der Waals surface area (Å²) in [5.74, 6) is 0.999. The van der Waals surface area contributed by atoms with Crippen molar-refractivity contribution in [3.05, 3.63) is 23.9 Å². The van der Waals surface area contributed by atoms with Crippen molar-refractivity contribution in [3.63, 3.8) is 0 Å². The largest absolute Gasteiger partial charge is 0.481 e. The molecule has 0 radical (unpaired) electrons. The smallest absolute Gasteiger partial charge is 0.255 e. The van der Waals surface area contributed by atoms with E-state index in [1.165, 1.54) is 19.3 Å². The van der Waals surface area contributed by atoms with Crippen LogP contribution in [0.15, 0.2) is 18.3 Å². The van der Waals surface area contributed by atoms with Gasteiger partial charge in [0.15, 0.2) is 0 Å². The molecule has 1 unspecified atom stereocenters. The number of hydrogen-bond acceptors (Lipinski definition) is 5. The molecule has 1 aliphatic heterocycles. The second-order valence-electron chi connectivity index (χ2n) is 6.89. The van der Waals surface area contributed by atoms with E-state index in [2.05, 4.69) is 16.0 Å². The molecule has 3 rings (SSSR count). The van der Waals surface area contributed by atoms with E-state index in [0.29, 0.717) is 30.5 Å². The Balaban J connectivity index is 1.56. The number of nitrogens with zero attached hydrogens (tertiary/aromatic N) is 4. The molecule has 0 N–H and O–H groups in total. The molecule has 6 heteroatoms. The summed E-state index contributed by atoms with van der Waals surface area (Å²) in [6.07, 6.45) is 7.67. The Morgan fingerprint density at radius 2 is 1.96 bits per heavy atom. The minimum Gasteiger partial charge on any atom is -0.481 e. The van der Waals surface area contributed by atoms with E-state index in [9.17, 15) is 10.1 Å². The minimum absolute atomic E-state index is 0.000190. The maximum atomic E-state index is 12.6. The lowest BCUT2D eigenvalue weighted by Crippen LogP contribution is -2.53. The molecule has 0 bridgehead atoms. The van der Waals surface area contributed by atoms with Gasteiger partial charge in [-0.1, -0.05) is 19.3 Å². The lowest BCUT2D eigenvalue weighted by atomic mass is 9.83. The number of aromatic nitrogens is 1. The van der Waals surface area contributed by atoms with E-state index in [1.54, 1.807) is 25.4 Å². The second kappa shape index (κ2) is 8.30. The van der Waals surface area contributed by atoms with Crippen molar-refractivity contribution >= 4 is 5.91 Å². The number of piperazine rings is 1. The van der Waals surface area contributed by atoms with Gasteiger partial charge in [0.2, 0.25) is 5.88 Å². The molecule has 0 aromatic carbocycles. The number of pyridine rings is 1. The summed E-state index contributed by atoms with van der Waals surface area (Å²) >= 11 is 0. The molecule has 1 saturated carbocycles. The summed E-state index contributed by atoms with van der Waals surface area (Å²) in [6.45, 7) is 2.86. The molecule has 1 atom stereocenters. The summed E-state index contributed by atoms with van der Waals surface area (Å²) < 4.78 is 5.03. The van der Waals surface area contributed by atoms with E-state index >= 15 is 0 Å². The molecule has 6 nitrogen and oxygen atoms in total. The van der Waals surface area contributed by atoms with Gasteiger partial charge in [-0.25, -0.2) is 4.98 Å². The molecule has 2 fully saturated rings. The number of methoxy groups -OCH3 is 1. The predicted molar refractivity (Wildman–Crippen MR) is 94.2 cm³/mol. The van der Waals surface area contributed by atoms with Crippen molar-refractivity contribution in [1.29, 1.82) is 5.26 Å². The Morgan fingerprint density at radius 1 is 1.24 bits per heavy atom. The van der Waals surface area contributed by atoms with Crippen molar-refractivity contribution in [2.45, 2.75) is 38.1 Å². The predicted octanol–water partition coefficient (Wildman–Crippen LogP) is 2.32. The zero-order valence-corrected chi connectivity index (χ0v) is 14.9. The summed E-state index contributed by atoms with van der Waals surface area (Å²) in [7, 11) is 1.56. The molecule has 1 aromatic heterocycles. The minimum atomic E-state index is 0.000190.